The number of nitrogen functional groups attached to an aromatic ring is 1. The molecule has 0 aliphatic heterocycles. The van der Waals surface area contributed by atoms with Crippen molar-refractivity contribution in [3.8, 4) is 0 Å². The van der Waals surface area contributed by atoms with Crippen molar-refractivity contribution in [1.82, 2.24) is 0 Å². The molecule has 0 saturated carbocycles. The van der Waals surface area contributed by atoms with Gasteiger partial charge < -0.3 is 15.7 Å². The van der Waals surface area contributed by atoms with E-state index in [1.165, 1.54) is 0 Å². The third-order valence-electron chi connectivity index (χ3n) is 2.48. The van der Waals surface area contributed by atoms with Crippen molar-refractivity contribution in [1.29, 1.82) is 0 Å². The lowest BCUT2D eigenvalue weighted by molar-refractivity contribution is 0.302. The number of hydrogen-bond acceptors (Lipinski definition) is 3. The van der Waals surface area contributed by atoms with Gasteiger partial charge in [0.1, 0.15) is 0 Å². The second-order valence-corrected chi connectivity index (χ2v) is 3.75. The van der Waals surface area contributed by atoms with Gasteiger partial charge in [-0.05, 0) is 37.1 Å². The first-order valence-electron chi connectivity index (χ1n) is 5.41. The first-order chi connectivity index (χ1) is 7.19. The van der Waals surface area contributed by atoms with Crippen LogP contribution in [0.4, 0.5) is 11.4 Å². The van der Waals surface area contributed by atoms with Gasteiger partial charge in [-0.25, -0.2) is 0 Å². The average Bonchev–Trinajstić information content (AvgIpc) is 2.22. The Morgan fingerprint density at radius 1 is 1.33 bits per heavy atom. The van der Waals surface area contributed by atoms with E-state index < -0.39 is 0 Å². The number of benzene rings is 1. The quantitative estimate of drug-likeness (QED) is 0.725. The molecule has 3 heteroatoms. The van der Waals surface area contributed by atoms with Crippen molar-refractivity contribution in [3.05, 3.63) is 23.8 Å². The van der Waals surface area contributed by atoms with Crippen LogP contribution in [0.15, 0.2) is 18.2 Å². The van der Waals surface area contributed by atoms with Gasteiger partial charge in [0.25, 0.3) is 0 Å². The summed E-state index contributed by atoms with van der Waals surface area (Å²) >= 11 is 0. The minimum absolute atomic E-state index is 0.184. The molecule has 1 rings (SSSR count). The lowest BCUT2D eigenvalue weighted by Gasteiger charge is -2.24. The number of hydrogen-bond donors (Lipinski definition) is 2. The molecular formula is C12H20N2O. The Balaban J connectivity index is 2.85. The van der Waals surface area contributed by atoms with Gasteiger partial charge in [0.05, 0.1) is 6.61 Å². The fourth-order valence-corrected chi connectivity index (χ4v) is 1.62. The standard InChI is InChI=1S/C12H20N2O/c1-3-6-14(7-8-15)11-4-5-12(13)10(2)9-11/h4-5,9,15H,3,6-8,13H2,1-2H3. The van der Waals surface area contributed by atoms with Crippen LogP contribution < -0.4 is 10.6 Å². The first kappa shape index (κ1) is 11.9. The molecule has 0 spiro atoms. The van der Waals surface area contributed by atoms with E-state index in [0.29, 0.717) is 6.54 Å². The topological polar surface area (TPSA) is 49.5 Å². The Morgan fingerprint density at radius 2 is 2.07 bits per heavy atom. The monoisotopic (exact) mass is 208 g/mol. The summed E-state index contributed by atoms with van der Waals surface area (Å²) in [4.78, 5) is 2.17. The van der Waals surface area contributed by atoms with Crippen molar-refractivity contribution in [2.45, 2.75) is 20.3 Å². The molecule has 3 nitrogen and oxygen atoms in total. The minimum atomic E-state index is 0.184. The molecule has 0 bridgehead atoms. The molecule has 0 saturated heterocycles. The van der Waals surface area contributed by atoms with Crippen LogP contribution >= 0.6 is 0 Å². The molecule has 0 aromatic heterocycles. The van der Waals surface area contributed by atoms with Crippen LogP contribution in [0.5, 0.6) is 0 Å². The molecule has 15 heavy (non-hydrogen) atoms. The van der Waals surface area contributed by atoms with Crippen LogP contribution in [0, 0.1) is 6.92 Å². The van der Waals surface area contributed by atoms with Gasteiger partial charge in [0.2, 0.25) is 0 Å². The zero-order chi connectivity index (χ0) is 11.3. The van der Waals surface area contributed by atoms with E-state index in [1.807, 2.05) is 19.1 Å². The summed E-state index contributed by atoms with van der Waals surface area (Å²) in [5.41, 5.74) is 8.81. The fourth-order valence-electron chi connectivity index (χ4n) is 1.62. The van der Waals surface area contributed by atoms with Gasteiger partial charge >= 0.3 is 0 Å². The second-order valence-electron chi connectivity index (χ2n) is 3.75. The number of nitrogens with two attached hydrogens (primary N) is 1. The van der Waals surface area contributed by atoms with E-state index >= 15 is 0 Å². The van der Waals surface area contributed by atoms with Gasteiger partial charge in [0.15, 0.2) is 0 Å². The average molecular weight is 208 g/mol. The van der Waals surface area contributed by atoms with E-state index in [0.717, 1.165) is 29.9 Å². The van der Waals surface area contributed by atoms with E-state index in [2.05, 4.69) is 17.9 Å². The molecular weight excluding hydrogens is 188 g/mol. The first-order valence-corrected chi connectivity index (χ1v) is 5.41. The van der Waals surface area contributed by atoms with E-state index in [1.54, 1.807) is 0 Å². The molecule has 0 atom stereocenters. The number of anilines is 2. The summed E-state index contributed by atoms with van der Waals surface area (Å²) < 4.78 is 0. The second kappa shape index (κ2) is 5.61. The zero-order valence-electron chi connectivity index (χ0n) is 9.53. The van der Waals surface area contributed by atoms with Gasteiger partial charge in [0, 0.05) is 24.5 Å². The van der Waals surface area contributed by atoms with Crippen LogP contribution in [-0.4, -0.2) is 24.8 Å². The molecule has 84 valence electrons. The smallest absolute Gasteiger partial charge is 0.0606 e. The van der Waals surface area contributed by atoms with Crippen molar-refractivity contribution >= 4 is 11.4 Å². The molecule has 0 amide bonds. The van der Waals surface area contributed by atoms with Crippen LogP contribution in [-0.2, 0) is 0 Å². The molecule has 0 heterocycles. The van der Waals surface area contributed by atoms with E-state index in [9.17, 15) is 0 Å². The van der Waals surface area contributed by atoms with Gasteiger partial charge in [-0.1, -0.05) is 6.92 Å². The van der Waals surface area contributed by atoms with Gasteiger partial charge in [-0.2, -0.15) is 0 Å². The summed E-state index contributed by atoms with van der Waals surface area (Å²) in [7, 11) is 0. The molecule has 1 aromatic rings. The van der Waals surface area contributed by atoms with Crippen molar-refractivity contribution in [2.75, 3.05) is 30.3 Å². The number of aliphatic hydroxyl groups is 1. The normalized spacial score (nSPS) is 10.3. The Bertz CT molecular complexity index is 306. The summed E-state index contributed by atoms with van der Waals surface area (Å²) in [6.07, 6.45) is 1.07. The van der Waals surface area contributed by atoms with Gasteiger partial charge in [-0.15, -0.1) is 0 Å². The molecule has 0 radical (unpaired) electrons. The molecule has 0 aliphatic rings. The van der Waals surface area contributed by atoms with Crippen LogP contribution in [0.2, 0.25) is 0 Å². The van der Waals surface area contributed by atoms with E-state index in [4.69, 9.17) is 10.8 Å². The van der Waals surface area contributed by atoms with Crippen molar-refractivity contribution in [2.24, 2.45) is 0 Å². The predicted molar refractivity (Wildman–Crippen MR) is 65.2 cm³/mol. The highest BCUT2D eigenvalue weighted by atomic mass is 16.3. The van der Waals surface area contributed by atoms with Crippen LogP contribution in [0.1, 0.15) is 18.9 Å². The zero-order valence-corrected chi connectivity index (χ0v) is 9.53. The largest absolute Gasteiger partial charge is 0.399 e. The molecule has 0 fully saturated rings. The highest BCUT2D eigenvalue weighted by Crippen LogP contribution is 2.20. The lowest BCUT2D eigenvalue weighted by atomic mass is 10.1. The molecule has 1 aromatic carbocycles. The molecule has 0 unspecified atom stereocenters. The fraction of sp³-hybridized carbons (Fsp3) is 0.500. The number of aliphatic hydroxyl groups excluding tert-OH is 1. The highest BCUT2D eigenvalue weighted by molar-refractivity contribution is 5.58. The van der Waals surface area contributed by atoms with Crippen LogP contribution in [0.25, 0.3) is 0 Å². The highest BCUT2D eigenvalue weighted by Gasteiger charge is 2.05. The third kappa shape index (κ3) is 3.13. The number of nitrogens with zero attached hydrogens (tertiary/aromatic N) is 1. The SMILES string of the molecule is CCCN(CCO)c1ccc(N)c(C)c1. The maximum absolute atomic E-state index is 8.98. The van der Waals surface area contributed by atoms with Crippen molar-refractivity contribution in [3.63, 3.8) is 0 Å². The maximum atomic E-state index is 8.98. The Hall–Kier alpha value is -1.22. The lowest BCUT2D eigenvalue weighted by Crippen LogP contribution is -2.27. The number of aryl methyl sites for hydroxylation is 1. The number of rotatable bonds is 5. The van der Waals surface area contributed by atoms with Gasteiger partial charge in [-0.3, -0.25) is 0 Å². The summed E-state index contributed by atoms with van der Waals surface area (Å²) in [5, 5.41) is 8.98. The van der Waals surface area contributed by atoms with Crippen LogP contribution in [0.3, 0.4) is 0 Å². The molecule has 3 N–H and O–H groups in total. The summed E-state index contributed by atoms with van der Waals surface area (Å²) in [6.45, 7) is 5.96. The Labute approximate surface area is 91.5 Å². The summed E-state index contributed by atoms with van der Waals surface area (Å²) in [6, 6.07) is 6.00. The Morgan fingerprint density at radius 3 is 2.60 bits per heavy atom. The minimum Gasteiger partial charge on any atom is -0.399 e. The van der Waals surface area contributed by atoms with E-state index in [-0.39, 0.29) is 6.61 Å². The third-order valence-corrected chi connectivity index (χ3v) is 2.48. The molecule has 0 aliphatic carbocycles. The van der Waals surface area contributed by atoms with Crippen molar-refractivity contribution < 1.29 is 5.11 Å². The summed E-state index contributed by atoms with van der Waals surface area (Å²) in [5.74, 6) is 0. The predicted octanol–water partition coefficient (Wildman–Crippen LogP) is 1.79. The maximum Gasteiger partial charge on any atom is 0.0606 e. The Kier molecular flexibility index (Phi) is 4.43.